The van der Waals surface area contributed by atoms with Gasteiger partial charge < -0.3 is 9.80 Å². The summed E-state index contributed by atoms with van der Waals surface area (Å²) in [5.74, 6) is 0. The normalized spacial score (nSPS) is 10.6. The van der Waals surface area contributed by atoms with E-state index < -0.39 is 0 Å². The van der Waals surface area contributed by atoms with Crippen LogP contribution in [-0.4, -0.2) is 6.29 Å². The zero-order valence-electron chi connectivity index (χ0n) is 22.0. The molecule has 0 unspecified atom stereocenters. The molecule has 0 aliphatic heterocycles. The molecular formula is C37H28N2O. The Hall–Kier alpha value is -5.41. The van der Waals surface area contributed by atoms with Crippen LogP contribution in [0.15, 0.2) is 164 Å². The molecule has 0 aromatic heterocycles. The number of rotatable bonds is 8. The minimum Gasteiger partial charge on any atom is -0.311 e. The van der Waals surface area contributed by atoms with Gasteiger partial charge in [-0.05, 0) is 96.1 Å². The molecule has 40 heavy (non-hydrogen) atoms. The lowest BCUT2D eigenvalue weighted by molar-refractivity contribution is 0.112. The molecule has 0 atom stereocenters. The molecule has 0 N–H and O–H groups in total. The third-order valence-electron chi connectivity index (χ3n) is 6.91. The molecule has 192 valence electrons. The summed E-state index contributed by atoms with van der Waals surface area (Å²) in [6, 6.07) is 56.1. The molecule has 3 nitrogen and oxygen atoms in total. The molecule has 6 rings (SSSR count). The van der Waals surface area contributed by atoms with Gasteiger partial charge in [-0.25, -0.2) is 0 Å². The number of anilines is 6. The van der Waals surface area contributed by atoms with Crippen LogP contribution in [0.5, 0.6) is 0 Å². The standard InChI is InChI=1S/C37H28N2O/c40-28-29-16-22-35(23-17-29)39(34-14-8-3-9-15-34)37-26-20-31(21-27-37)30-18-24-36(25-19-30)38(32-10-4-1-5-11-32)33-12-6-2-7-13-33/h1-28H. The van der Waals surface area contributed by atoms with Crippen molar-refractivity contribution in [2.45, 2.75) is 0 Å². The number of benzene rings is 6. The molecule has 6 aromatic rings. The molecular weight excluding hydrogens is 488 g/mol. The van der Waals surface area contributed by atoms with E-state index in [1.807, 2.05) is 54.6 Å². The monoisotopic (exact) mass is 516 g/mol. The second-order valence-electron chi connectivity index (χ2n) is 9.48. The van der Waals surface area contributed by atoms with Crippen LogP contribution < -0.4 is 9.80 Å². The lowest BCUT2D eigenvalue weighted by Crippen LogP contribution is -2.10. The summed E-state index contributed by atoms with van der Waals surface area (Å²) in [5, 5.41) is 0. The maximum Gasteiger partial charge on any atom is 0.150 e. The Bertz CT molecular complexity index is 1620. The summed E-state index contributed by atoms with van der Waals surface area (Å²) in [4.78, 5) is 15.6. The first-order chi connectivity index (χ1) is 19.8. The van der Waals surface area contributed by atoms with Gasteiger partial charge in [0.25, 0.3) is 0 Å². The van der Waals surface area contributed by atoms with Crippen molar-refractivity contribution in [3.05, 3.63) is 169 Å². The van der Waals surface area contributed by atoms with E-state index in [2.05, 4.69) is 119 Å². The van der Waals surface area contributed by atoms with Crippen LogP contribution in [0.2, 0.25) is 0 Å². The van der Waals surface area contributed by atoms with Crippen molar-refractivity contribution >= 4 is 40.4 Å². The first-order valence-electron chi connectivity index (χ1n) is 13.3. The molecule has 0 aliphatic carbocycles. The summed E-state index contributed by atoms with van der Waals surface area (Å²) < 4.78 is 0. The SMILES string of the molecule is O=Cc1ccc(N(c2ccccc2)c2ccc(-c3ccc(N(c4ccccc4)c4ccccc4)cc3)cc2)cc1. The molecule has 0 spiro atoms. The fraction of sp³-hybridized carbons (Fsp3) is 0. The maximum atomic E-state index is 11.2. The van der Waals surface area contributed by atoms with Crippen LogP contribution in [0.4, 0.5) is 34.1 Å². The van der Waals surface area contributed by atoms with Gasteiger partial charge in [0.05, 0.1) is 0 Å². The van der Waals surface area contributed by atoms with Gasteiger partial charge in [-0.2, -0.15) is 0 Å². The zero-order valence-corrected chi connectivity index (χ0v) is 22.0. The highest BCUT2D eigenvalue weighted by Gasteiger charge is 2.14. The highest BCUT2D eigenvalue weighted by atomic mass is 16.1. The Labute approximate surface area is 235 Å². The number of hydrogen-bond donors (Lipinski definition) is 0. The largest absolute Gasteiger partial charge is 0.311 e. The van der Waals surface area contributed by atoms with Crippen molar-refractivity contribution in [3.8, 4) is 11.1 Å². The molecule has 0 saturated carbocycles. The summed E-state index contributed by atoms with van der Waals surface area (Å²) in [6.45, 7) is 0. The van der Waals surface area contributed by atoms with Crippen LogP contribution in [-0.2, 0) is 0 Å². The topological polar surface area (TPSA) is 23.6 Å². The molecule has 0 fully saturated rings. The average Bonchev–Trinajstić information content (AvgIpc) is 3.04. The molecule has 0 aliphatic rings. The van der Waals surface area contributed by atoms with E-state index in [1.165, 1.54) is 0 Å². The predicted molar refractivity (Wildman–Crippen MR) is 167 cm³/mol. The molecule has 0 saturated heterocycles. The summed E-state index contributed by atoms with van der Waals surface area (Å²) in [7, 11) is 0. The number of nitrogens with zero attached hydrogens (tertiary/aromatic N) is 2. The van der Waals surface area contributed by atoms with Crippen molar-refractivity contribution in [2.75, 3.05) is 9.80 Å². The third kappa shape index (κ3) is 5.27. The van der Waals surface area contributed by atoms with Crippen molar-refractivity contribution in [3.63, 3.8) is 0 Å². The van der Waals surface area contributed by atoms with Gasteiger partial charge in [0, 0.05) is 39.7 Å². The lowest BCUT2D eigenvalue weighted by atomic mass is 10.0. The number of para-hydroxylation sites is 3. The molecule has 3 heteroatoms. The van der Waals surface area contributed by atoms with Crippen LogP contribution in [0.3, 0.4) is 0 Å². The maximum absolute atomic E-state index is 11.2. The van der Waals surface area contributed by atoms with Crippen LogP contribution in [0, 0.1) is 0 Å². The zero-order chi connectivity index (χ0) is 27.1. The molecule has 0 heterocycles. The van der Waals surface area contributed by atoms with Crippen molar-refractivity contribution in [1.29, 1.82) is 0 Å². The fourth-order valence-corrected chi connectivity index (χ4v) is 4.93. The van der Waals surface area contributed by atoms with Gasteiger partial charge in [0.15, 0.2) is 0 Å². The van der Waals surface area contributed by atoms with Crippen molar-refractivity contribution in [2.24, 2.45) is 0 Å². The number of hydrogen-bond acceptors (Lipinski definition) is 3. The van der Waals surface area contributed by atoms with Gasteiger partial charge in [-0.15, -0.1) is 0 Å². The van der Waals surface area contributed by atoms with E-state index >= 15 is 0 Å². The van der Waals surface area contributed by atoms with E-state index in [9.17, 15) is 4.79 Å². The van der Waals surface area contributed by atoms with E-state index in [0.29, 0.717) is 5.56 Å². The Morgan fingerprint density at radius 1 is 0.325 bits per heavy atom. The highest BCUT2D eigenvalue weighted by molar-refractivity contribution is 5.82. The highest BCUT2D eigenvalue weighted by Crippen LogP contribution is 2.37. The van der Waals surface area contributed by atoms with Gasteiger partial charge in [0.2, 0.25) is 0 Å². The van der Waals surface area contributed by atoms with Gasteiger partial charge in [-0.1, -0.05) is 78.9 Å². The second-order valence-corrected chi connectivity index (χ2v) is 9.48. The summed E-state index contributed by atoms with van der Waals surface area (Å²) >= 11 is 0. The Balaban J connectivity index is 1.31. The van der Waals surface area contributed by atoms with Crippen LogP contribution >= 0.6 is 0 Å². The quantitative estimate of drug-likeness (QED) is 0.188. The first-order valence-corrected chi connectivity index (χ1v) is 13.3. The van der Waals surface area contributed by atoms with Gasteiger partial charge >= 0.3 is 0 Å². The van der Waals surface area contributed by atoms with Crippen molar-refractivity contribution < 1.29 is 4.79 Å². The summed E-state index contributed by atoms with van der Waals surface area (Å²) in [6.07, 6.45) is 0.871. The lowest BCUT2D eigenvalue weighted by Gasteiger charge is -2.26. The van der Waals surface area contributed by atoms with Crippen LogP contribution in [0.1, 0.15) is 10.4 Å². The van der Waals surface area contributed by atoms with E-state index in [1.54, 1.807) is 0 Å². The number of carbonyl (C=O) groups excluding carboxylic acids is 1. The first kappa shape index (κ1) is 24.9. The minimum absolute atomic E-state index is 0.661. The van der Waals surface area contributed by atoms with E-state index in [0.717, 1.165) is 51.5 Å². The molecule has 6 aromatic carbocycles. The van der Waals surface area contributed by atoms with Crippen molar-refractivity contribution in [1.82, 2.24) is 0 Å². The molecule has 0 radical (unpaired) electrons. The number of carbonyl (C=O) groups is 1. The van der Waals surface area contributed by atoms with E-state index in [-0.39, 0.29) is 0 Å². The third-order valence-corrected chi connectivity index (χ3v) is 6.91. The smallest absolute Gasteiger partial charge is 0.150 e. The van der Waals surface area contributed by atoms with E-state index in [4.69, 9.17) is 0 Å². The molecule has 0 amide bonds. The Kier molecular flexibility index (Phi) is 7.19. The van der Waals surface area contributed by atoms with Gasteiger partial charge in [-0.3, -0.25) is 4.79 Å². The van der Waals surface area contributed by atoms with Gasteiger partial charge in [0.1, 0.15) is 6.29 Å². The Morgan fingerprint density at radius 2 is 0.600 bits per heavy atom. The predicted octanol–water partition coefficient (Wildman–Crippen LogP) is 10.1. The average molecular weight is 517 g/mol. The number of aldehydes is 1. The second kappa shape index (κ2) is 11.5. The fourth-order valence-electron chi connectivity index (χ4n) is 4.93. The van der Waals surface area contributed by atoms with Crippen LogP contribution in [0.25, 0.3) is 11.1 Å². The summed E-state index contributed by atoms with van der Waals surface area (Å²) in [5.41, 5.74) is 9.39. The Morgan fingerprint density at radius 3 is 0.900 bits per heavy atom. The minimum atomic E-state index is 0.661. The molecule has 0 bridgehead atoms.